The van der Waals surface area contributed by atoms with E-state index < -0.39 is 41.6 Å². The Bertz CT molecular complexity index is 791. The van der Waals surface area contributed by atoms with Gasteiger partial charge in [-0.05, 0) is 45.0 Å². The quantitative estimate of drug-likeness (QED) is 0.231. The highest BCUT2D eigenvalue weighted by molar-refractivity contribution is 6.30. The van der Waals surface area contributed by atoms with Gasteiger partial charge in [-0.25, -0.2) is 4.79 Å². The van der Waals surface area contributed by atoms with Gasteiger partial charge in [0.2, 0.25) is 12.2 Å². The average Bonchev–Trinajstić information content (AvgIpc) is 2.66. The first-order chi connectivity index (χ1) is 14.4. The van der Waals surface area contributed by atoms with Crippen LogP contribution in [0.1, 0.15) is 34.6 Å². The largest absolute Gasteiger partial charge is 0.448 e. The summed E-state index contributed by atoms with van der Waals surface area (Å²) in [7, 11) is 0. The summed E-state index contributed by atoms with van der Waals surface area (Å²) < 4.78 is 10.0. The topological polar surface area (TPSA) is 108 Å². The Balaban J connectivity index is 3.33. The molecule has 1 amide bonds. The van der Waals surface area contributed by atoms with E-state index in [4.69, 9.17) is 42.5 Å². The highest BCUT2D eigenvalue weighted by atomic mass is 35.5. The van der Waals surface area contributed by atoms with Crippen LogP contribution in [-0.2, 0) is 38.4 Å². The highest BCUT2D eigenvalue weighted by Crippen LogP contribution is 2.22. The molecule has 0 N–H and O–H groups in total. The van der Waals surface area contributed by atoms with Crippen LogP contribution in [0.4, 0.5) is 5.69 Å². The van der Waals surface area contributed by atoms with Crippen molar-refractivity contribution in [3.8, 4) is 0 Å². The number of hydrogen-bond acceptors (Lipinski definition) is 8. The van der Waals surface area contributed by atoms with E-state index in [1.54, 1.807) is 45.0 Å². The maximum Gasteiger partial charge on any atom is 0.387 e. The molecule has 9 nitrogen and oxygen atoms in total. The van der Waals surface area contributed by atoms with Crippen molar-refractivity contribution in [3.05, 3.63) is 29.3 Å². The van der Waals surface area contributed by atoms with Gasteiger partial charge in [-0.3, -0.25) is 19.3 Å². The van der Waals surface area contributed by atoms with Crippen molar-refractivity contribution in [1.82, 2.24) is 0 Å². The number of halogens is 2. The number of rotatable bonds is 9. The van der Waals surface area contributed by atoms with Gasteiger partial charge in [0.15, 0.2) is 0 Å². The predicted octanol–water partition coefficient (Wildman–Crippen LogP) is 3.05. The van der Waals surface area contributed by atoms with Gasteiger partial charge in [0, 0.05) is 37.0 Å². The van der Waals surface area contributed by atoms with E-state index in [1.807, 2.05) is 0 Å². The average molecular weight is 478 g/mol. The van der Waals surface area contributed by atoms with Crippen molar-refractivity contribution in [2.24, 2.45) is 0 Å². The van der Waals surface area contributed by atoms with Gasteiger partial charge in [0.05, 0.1) is 0 Å². The van der Waals surface area contributed by atoms with Crippen LogP contribution in [0.25, 0.3) is 0 Å². The minimum Gasteiger partial charge on any atom is -0.448 e. The van der Waals surface area contributed by atoms with Crippen LogP contribution < -0.4 is 4.90 Å². The zero-order valence-corrected chi connectivity index (χ0v) is 19.4. The van der Waals surface area contributed by atoms with E-state index >= 15 is 0 Å². The molecule has 0 aromatic heterocycles. The third-order valence-electron chi connectivity index (χ3n) is 3.42. The second-order valence-electron chi connectivity index (χ2n) is 7.31. The summed E-state index contributed by atoms with van der Waals surface area (Å²) in [4.78, 5) is 60.0. The van der Waals surface area contributed by atoms with Crippen molar-refractivity contribution >= 4 is 52.7 Å². The molecule has 0 aliphatic carbocycles. The van der Waals surface area contributed by atoms with E-state index in [9.17, 15) is 19.2 Å². The molecule has 1 aromatic rings. The summed E-state index contributed by atoms with van der Waals surface area (Å²) in [6, 6.07) is 6.17. The maximum atomic E-state index is 13.3. The number of hydrogen-bond donors (Lipinski definition) is 0. The summed E-state index contributed by atoms with van der Waals surface area (Å²) in [5.41, 5.74) is -0.515. The number of nitrogens with zero attached hydrogens (tertiary/aromatic N) is 1. The van der Waals surface area contributed by atoms with Crippen LogP contribution >= 0.6 is 23.2 Å². The Labute approximate surface area is 190 Å². The van der Waals surface area contributed by atoms with Crippen LogP contribution in [0.2, 0.25) is 5.02 Å². The number of anilines is 1. The Kier molecular flexibility index (Phi) is 10.2. The molecule has 0 saturated carbocycles. The molecule has 0 spiro atoms. The molecule has 0 aliphatic rings. The first-order valence-electron chi connectivity index (χ1n) is 9.22. The molecule has 0 saturated heterocycles. The van der Waals surface area contributed by atoms with Crippen LogP contribution in [-0.4, -0.2) is 54.0 Å². The van der Waals surface area contributed by atoms with Crippen molar-refractivity contribution < 1.29 is 38.4 Å². The molecule has 172 valence electrons. The van der Waals surface area contributed by atoms with E-state index in [0.717, 1.165) is 13.8 Å². The highest BCUT2D eigenvalue weighted by Gasteiger charge is 2.44. The molecule has 2 atom stereocenters. The number of carbonyl (C=O) groups is 4. The van der Waals surface area contributed by atoms with Gasteiger partial charge >= 0.3 is 17.9 Å². The lowest BCUT2D eigenvalue weighted by Gasteiger charge is -2.30. The summed E-state index contributed by atoms with van der Waals surface area (Å²) in [5.74, 6) is -3.86. The van der Waals surface area contributed by atoms with E-state index in [1.165, 1.54) is 4.90 Å². The minimum absolute atomic E-state index is 0.000115. The molecular weight excluding hydrogens is 453 g/mol. The number of amides is 1. The van der Waals surface area contributed by atoms with Gasteiger partial charge in [0.1, 0.15) is 5.60 Å². The third-order valence-corrected chi connectivity index (χ3v) is 3.84. The van der Waals surface area contributed by atoms with Gasteiger partial charge < -0.3 is 14.4 Å². The van der Waals surface area contributed by atoms with Gasteiger partial charge in [-0.15, -0.1) is 11.6 Å². The molecule has 0 heterocycles. The van der Waals surface area contributed by atoms with Gasteiger partial charge in [0.25, 0.3) is 5.91 Å². The molecule has 0 fully saturated rings. The smallest absolute Gasteiger partial charge is 0.387 e. The second-order valence-corrected chi connectivity index (χ2v) is 8.13. The van der Waals surface area contributed by atoms with Crippen LogP contribution in [0.15, 0.2) is 24.3 Å². The van der Waals surface area contributed by atoms with E-state index in [2.05, 4.69) is 0 Å². The number of ether oxygens (including phenoxy) is 2. The fourth-order valence-electron chi connectivity index (χ4n) is 2.27. The van der Waals surface area contributed by atoms with Crippen molar-refractivity contribution in [1.29, 1.82) is 0 Å². The van der Waals surface area contributed by atoms with Crippen molar-refractivity contribution in [2.75, 3.05) is 17.3 Å². The zero-order valence-electron chi connectivity index (χ0n) is 17.8. The lowest BCUT2D eigenvalue weighted by Crippen LogP contribution is -2.52. The Morgan fingerprint density at radius 2 is 1.48 bits per heavy atom. The third kappa shape index (κ3) is 9.12. The molecule has 1 rings (SSSR count). The number of carbonyl (C=O) groups excluding carboxylic acids is 4. The summed E-state index contributed by atoms with van der Waals surface area (Å²) in [6.45, 7) is 6.89. The fourth-order valence-corrected chi connectivity index (χ4v) is 2.57. The second kappa shape index (κ2) is 11.9. The summed E-state index contributed by atoms with van der Waals surface area (Å²) >= 11 is 11.7. The lowest BCUT2D eigenvalue weighted by molar-refractivity contribution is -0.326. The van der Waals surface area contributed by atoms with Crippen molar-refractivity contribution in [2.45, 2.75) is 52.4 Å². The monoisotopic (exact) mass is 477 g/mol. The lowest BCUT2D eigenvalue weighted by atomic mass is 10.1. The SMILES string of the molecule is CC(=O)O[C@@H](C(=O)OOC(C)(C)C)[C@@H](OC(C)=O)C(=O)N(CCCl)c1ccc(Cl)cc1. The normalized spacial score (nSPS) is 13.0. The molecule has 11 heteroatoms. The molecule has 0 radical (unpaired) electrons. The minimum atomic E-state index is -1.92. The molecule has 0 unspecified atom stereocenters. The molecule has 1 aromatic carbocycles. The van der Waals surface area contributed by atoms with Crippen LogP contribution in [0.3, 0.4) is 0 Å². The fraction of sp³-hybridized carbons (Fsp3) is 0.500. The summed E-state index contributed by atoms with van der Waals surface area (Å²) in [6.07, 6.45) is -3.77. The Morgan fingerprint density at radius 3 is 1.94 bits per heavy atom. The number of benzene rings is 1. The van der Waals surface area contributed by atoms with Gasteiger partial charge in [-0.2, -0.15) is 4.89 Å². The molecule has 31 heavy (non-hydrogen) atoms. The summed E-state index contributed by atoms with van der Waals surface area (Å²) in [5, 5.41) is 0.430. The zero-order chi connectivity index (χ0) is 23.8. The number of esters is 2. The van der Waals surface area contributed by atoms with E-state index in [-0.39, 0.29) is 12.4 Å². The maximum absolute atomic E-state index is 13.3. The van der Waals surface area contributed by atoms with Gasteiger partial charge in [-0.1, -0.05) is 11.6 Å². The van der Waals surface area contributed by atoms with E-state index in [0.29, 0.717) is 10.7 Å². The molecule has 0 aliphatic heterocycles. The first-order valence-corrected chi connectivity index (χ1v) is 10.1. The first kappa shape index (κ1) is 26.7. The van der Waals surface area contributed by atoms with Crippen LogP contribution in [0, 0.1) is 0 Å². The standard InChI is InChI=1S/C20H25Cl2NO8/c1-12(24)28-16(17(29-13(2)25)19(27)30-31-20(3,4)5)18(26)23(11-10-21)15-8-6-14(22)7-9-15/h6-9,16-17H,10-11H2,1-5H3/t16-,17-/m1/s1. The molecule has 0 bridgehead atoms. The Morgan fingerprint density at radius 1 is 0.968 bits per heavy atom. The predicted molar refractivity (Wildman–Crippen MR) is 113 cm³/mol. The molecular formula is C20H25Cl2NO8. The van der Waals surface area contributed by atoms with Crippen LogP contribution in [0.5, 0.6) is 0 Å². The van der Waals surface area contributed by atoms with Crippen molar-refractivity contribution in [3.63, 3.8) is 0 Å². The number of alkyl halides is 1. The Hall–Kier alpha value is -2.36.